The summed E-state index contributed by atoms with van der Waals surface area (Å²) in [6, 6.07) is 14.4. The SMILES string of the molecule is C=C(C)C(=O)O.C=C(C)C(=O)OCC1CO1.CC(C)(c1ccc(O)cc1)c1ccc(O)cc1. The van der Waals surface area contributed by atoms with Gasteiger partial charge in [-0.1, -0.05) is 51.3 Å². The predicted octanol–water partition coefficient (Wildman–Crippen LogP) is 4.58. The van der Waals surface area contributed by atoms with Gasteiger partial charge in [-0.05, 0) is 49.2 Å². The summed E-state index contributed by atoms with van der Waals surface area (Å²) in [5.74, 6) is -0.726. The fourth-order valence-electron chi connectivity index (χ4n) is 2.38. The number of aliphatic carboxylic acids is 1. The molecule has 7 nitrogen and oxygen atoms in total. The molecule has 0 aliphatic carbocycles. The zero-order valence-corrected chi connectivity index (χ0v) is 19.5. The first-order valence-electron chi connectivity index (χ1n) is 10.3. The van der Waals surface area contributed by atoms with E-state index < -0.39 is 5.97 Å². The molecule has 1 heterocycles. The van der Waals surface area contributed by atoms with E-state index in [2.05, 4.69) is 27.0 Å². The smallest absolute Gasteiger partial charge is 0.333 e. The maximum Gasteiger partial charge on any atom is 0.333 e. The number of carbonyl (C=O) groups is 2. The number of hydrogen-bond acceptors (Lipinski definition) is 6. The van der Waals surface area contributed by atoms with Crippen LogP contribution in [0.25, 0.3) is 0 Å². The molecule has 3 rings (SSSR count). The zero-order chi connectivity index (χ0) is 25.2. The van der Waals surface area contributed by atoms with Gasteiger partial charge in [0.1, 0.15) is 24.2 Å². The molecule has 2 aromatic carbocycles. The number of hydrogen-bond donors (Lipinski definition) is 3. The summed E-state index contributed by atoms with van der Waals surface area (Å²) in [5, 5.41) is 26.5. The monoisotopic (exact) mass is 456 g/mol. The number of benzene rings is 2. The van der Waals surface area contributed by atoms with Crippen LogP contribution in [0.15, 0.2) is 72.8 Å². The van der Waals surface area contributed by atoms with Crippen LogP contribution in [-0.4, -0.2) is 46.6 Å². The Morgan fingerprint density at radius 2 is 1.30 bits per heavy atom. The zero-order valence-electron chi connectivity index (χ0n) is 19.5. The van der Waals surface area contributed by atoms with E-state index in [1.807, 2.05) is 24.3 Å². The number of carboxylic acid groups (broad SMARTS) is 1. The summed E-state index contributed by atoms with van der Waals surface area (Å²) in [4.78, 5) is 20.3. The predicted molar refractivity (Wildman–Crippen MR) is 126 cm³/mol. The highest BCUT2D eigenvalue weighted by Crippen LogP contribution is 2.32. The molecule has 1 fully saturated rings. The number of phenolic OH excluding ortho intramolecular Hbond substituents is 2. The lowest BCUT2D eigenvalue weighted by Crippen LogP contribution is -2.18. The molecule has 0 saturated carbocycles. The standard InChI is InChI=1S/C15H16O2.C7H10O3.C4H6O2/c1-15(2,11-3-7-13(16)8-4-11)12-5-9-14(17)10-6-12;1-5(2)7(8)10-4-6-3-9-6;1-3(2)4(5)6/h3-10,16-17H,1-2H3;6H,1,3-4H2,2H3;1H2,2H3,(H,5,6). The van der Waals surface area contributed by atoms with Gasteiger partial charge >= 0.3 is 11.9 Å². The average molecular weight is 457 g/mol. The fourth-order valence-corrected chi connectivity index (χ4v) is 2.38. The topological polar surface area (TPSA) is 117 Å². The van der Waals surface area contributed by atoms with Gasteiger partial charge in [-0.2, -0.15) is 0 Å². The minimum absolute atomic E-state index is 0.142. The fraction of sp³-hybridized carbons (Fsp3) is 0.308. The number of carbonyl (C=O) groups excluding carboxylic acids is 1. The number of phenols is 2. The highest BCUT2D eigenvalue weighted by atomic mass is 16.6. The second-order valence-corrected chi connectivity index (χ2v) is 8.14. The molecule has 1 unspecified atom stereocenters. The van der Waals surface area contributed by atoms with E-state index in [1.54, 1.807) is 31.2 Å². The second kappa shape index (κ2) is 12.5. The first-order valence-corrected chi connectivity index (χ1v) is 10.3. The second-order valence-electron chi connectivity index (χ2n) is 8.14. The Kier molecular flexibility index (Phi) is 10.4. The summed E-state index contributed by atoms with van der Waals surface area (Å²) >= 11 is 0. The van der Waals surface area contributed by atoms with Crippen LogP contribution in [0.4, 0.5) is 0 Å². The highest BCUT2D eigenvalue weighted by Gasteiger charge is 2.24. The molecular weight excluding hydrogens is 424 g/mol. The third kappa shape index (κ3) is 10.1. The van der Waals surface area contributed by atoms with Crippen molar-refractivity contribution in [2.45, 2.75) is 39.2 Å². The van der Waals surface area contributed by atoms with E-state index in [9.17, 15) is 19.8 Å². The maximum atomic E-state index is 10.7. The van der Waals surface area contributed by atoms with Crippen LogP contribution in [0.2, 0.25) is 0 Å². The van der Waals surface area contributed by atoms with Crippen LogP contribution in [0.5, 0.6) is 11.5 Å². The van der Waals surface area contributed by atoms with Crippen molar-refractivity contribution in [2.75, 3.05) is 13.2 Å². The Balaban J connectivity index is 0.000000288. The van der Waals surface area contributed by atoms with E-state index in [-0.39, 0.29) is 34.6 Å². The van der Waals surface area contributed by atoms with E-state index >= 15 is 0 Å². The number of epoxide rings is 1. The van der Waals surface area contributed by atoms with Crippen molar-refractivity contribution in [1.29, 1.82) is 0 Å². The normalized spacial score (nSPS) is 13.9. The number of esters is 1. The van der Waals surface area contributed by atoms with Gasteiger partial charge in [-0.3, -0.25) is 0 Å². The molecule has 0 radical (unpaired) electrons. The van der Waals surface area contributed by atoms with Crippen molar-refractivity contribution in [1.82, 2.24) is 0 Å². The van der Waals surface area contributed by atoms with Crippen molar-refractivity contribution in [3.8, 4) is 11.5 Å². The van der Waals surface area contributed by atoms with Crippen LogP contribution < -0.4 is 0 Å². The Morgan fingerprint density at radius 1 is 0.939 bits per heavy atom. The number of aromatic hydroxyl groups is 2. The summed E-state index contributed by atoms with van der Waals surface area (Å²) in [7, 11) is 0. The van der Waals surface area contributed by atoms with Crippen molar-refractivity contribution in [2.24, 2.45) is 0 Å². The molecule has 33 heavy (non-hydrogen) atoms. The lowest BCUT2D eigenvalue weighted by atomic mass is 9.78. The number of ether oxygens (including phenoxy) is 2. The van der Waals surface area contributed by atoms with Gasteiger partial charge in [-0.15, -0.1) is 0 Å². The van der Waals surface area contributed by atoms with E-state index in [4.69, 9.17) is 14.6 Å². The van der Waals surface area contributed by atoms with Gasteiger partial charge in [0.25, 0.3) is 0 Å². The third-order valence-electron chi connectivity index (χ3n) is 4.69. The Morgan fingerprint density at radius 3 is 1.58 bits per heavy atom. The quantitative estimate of drug-likeness (QED) is 0.331. The molecule has 1 aliphatic heterocycles. The maximum absolute atomic E-state index is 10.7. The van der Waals surface area contributed by atoms with Crippen LogP contribution in [0, 0.1) is 0 Å². The number of rotatable bonds is 6. The molecule has 1 aliphatic rings. The van der Waals surface area contributed by atoms with Crippen LogP contribution in [0.3, 0.4) is 0 Å². The molecule has 7 heteroatoms. The highest BCUT2D eigenvalue weighted by molar-refractivity contribution is 5.87. The first-order chi connectivity index (χ1) is 15.3. The van der Waals surface area contributed by atoms with Gasteiger partial charge in [-0.25, -0.2) is 9.59 Å². The molecule has 0 aromatic heterocycles. The first kappa shape index (κ1) is 27.5. The molecule has 1 atom stereocenters. The summed E-state index contributed by atoms with van der Waals surface area (Å²) in [6.45, 7) is 15.0. The molecule has 0 amide bonds. The lowest BCUT2D eigenvalue weighted by molar-refractivity contribution is -0.139. The van der Waals surface area contributed by atoms with Crippen molar-refractivity contribution >= 4 is 11.9 Å². The third-order valence-corrected chi connectivity index (χ3v) is 4.69. The molecule has 0 spiro atoms. The van der Waals surface area contributed by atoms with E-state index in [0.29, 0.717) is 18.8 Å². The summed E-state index contributed by atoms with van der Waals surface area (Å²) in [6.07, 6.45) is 0.142. The number of carboxylic acids is 1. The van der Waals surface area contributed by atoms with Gasteiger partial charge in [0.15, 0.2) is 0 Å². The van der Waals surface area contributed by atoms with E-state index in [0.717, 1.165) is 11.1 Å². The molecular formula is C26H32O7. The molecule has 3 N–H and O–H groups in total. The summed E-state index contributed by atoms with van der Waals surface area (Å²) < 4.78 is 9.60. The van der Waals surface area contributed by atoms with Crippen molar-refractivity contribution in [3.63, 3.8) is 0 Å². The van der Waals surface area contributed by atoms with Crippen molar-refractivity contribution in [3.05, 3.63) is 84.0 Å². The lowest BCUT2D eigenvalue weighted by Gasteiger charge is -2.26. The van der Waals surface area contributed by atoms with Gasteiger partial charge in [0.05, 0.1) is 6.61 Å². The van der Waals surface area contributed by atoms with Gasteiger partial charge < -0.3 is 24.8 Å². The van der Waals surface area contributed by atoms with Crippen molar-refractivity contribution < 1.29 is 34.4 Å². The van der Waals surface area contributed by atoms with Gasteiger partial charge in [0.2, 0.25) is 0 Å². The molecule has 2 aromatic rings. The average Bonchev–Trinajstić information content (AvgIpc) is 3.58. The van der Waals surface area contributed by atoms with Crippen LogP contribution in [-0.2, 0) is 24.5 Å². The van der Waals surface area contributed by atoms with E-state index in [1.165, 1.54) is 6.92 Å². The Labute approximate surface area is 194 Å². The van der Waals surface area contributed by atoms with Gasteiger partial charge in [0, 0.05) is 16.6 Å². The Bertz CT molecular complexity index is 894. The minimum Gasteiger partial charge on any atom is -0.508 e. The van der Waals surface area contributed by atoms with Crippen LogP contribution >= 0.6 is 0 Å². The summed E-state index contributed by atoms with van der Waals surface area (Å²) in [5.41, 5.74) is 2.71. The molecule has 0 bridgehead atoms. The largest absolute Gasteiger partial charge is 0.508 e. The Hall–Kier alpha value is -3.58. The minimum atomic E-state index is -0.935. The van der Waals surface area contributed by atoms with Crippen LogP contribution in [0.1, 0.15) is 38.8 Å². The molecule has 1 saturated heterocycles. The molecule has 178 valence electrons.